The highest BCUT2D eigenvalue weighted by Crippen LogP contribution is 2.40. The topological polar surface area (TPSA) is 200 Å². The number of hydrogen-bond donors (Lipinski definition) is 4. The first-order valence-corrected chi connectivity index (χ1v) is 11.1. The van der Waals surface area contributed by atoms with Gasteiger partial charge in [-0.05, 0) is 13.8 Å². The lowest BCUT2D eigenvalue weighted by Crippen LogP contribution is -2.71. The van der Waals surface area contributed by atoms with Crippen molar-refractivity contribution in [3.05, 3.63) is 22.3 Å². The number of ether oxygens (including phenoxy) is 1. The first kappa shape index (κ1) is 23.3. The van der Waals surface area contributed by atoms with Crippen LogP contribution < -0.4 is 16.8 Å². The van der Waals surface area contributed by atoms with Gasteiger partial charge in [-0.25, -0.2) is 14.6 Å². The van der Waals surface area contributed by atoms with Crippen molar-refractivity contribution in [3.63, 3.8) is 0 Å². The van der Waals surface area contributed by atoms with E-state index in [-0.39, 0.29) is 46.3 Å². The zero-order chi connectivity index (χ0) is 23.6. The Morgan fingerprint density at radius 1 is 1.44 bits per heavy atom. The number of carbonyl (C=O) groups excluding carboxylic acids is 3. The molecule has 1 aromatic heterocycles. The van der Waals surface area contributed by atoms with Gasteiger partial charge in [-0.2, -0.15) is 0 Å². The molecule has 0 radical (unpaired) electrons. The van der Waals surface area contributed by atoms with E-state index in [1.54, 1.807) is 13.8 Å². The number of carboxylic acids is 1. The lowest BCUT2D eigenvalue weighted by atomic mass is 10.0. The normalized spacial score (nSPS) is 20.5. The number of nitrogens with zero attached hydrogens (tertiary/aromatic N) is 3. The van der Waals surface area contributed by atoms with Gasteiger partial charge in [-0.3, -0.25) is 14.5 Å². The van der Waals surface area contributed by atoms with Gasteiger partial charge in [0.1, 0.15) is 35.5 Å². The molecule has 3 rings (SSSR count). The first-order chi connectivity index (χ1) is 15.1. The molecule has 6 N–H and O–H groups in total. The van der Waals surface area contributed by atoms with Crippen LogP contribution in [0.1, 0.15) is 19.5 Å². The maximum atomic E-state index is 12.9. The molecule has 1 unspecified atom stereocenters. The minimum Gasteiger partial charge on any atom is -0.477 e. The third-order valence-electron chi connectivity index (χ3n) is 4.26. The van der Waals surface area contributed by atoms with Crippen LogP contribution in [0.25, 0.3) is 0 Å². The second kappa shape index (κ2) is 9.44. The highest BCUT2D eigenvalue weighted by Gasteiger charge is 2.54. The minimum absolute atomic E-state index is 0.162. The van der Waals surface area contributed by atoms with Crippen molar-refractivity contribution in [2.45, 2.75) is 31.4 Å². The average molecular weight is 485 g/mol. The van der Waals surface area contributed by atoms with Crippen molar-refractivity contribution in [1.82, 2.24) is 15.2 Å². The second-order valence-corrected chi connectivity index (χ2v) is 8.89. The van der Waals surface area contributed by atoms with Gasteiger partial charge in [0.25, 0.3) is 11.8 Å². The van der Waals surface area contributed by atoms with Crippen molar-refractivity contribution in [2.75, 3.05) is 18.1 Å². The Kier molecular flexibility index (Phi) is 6.88. The number of nitrogen functional groups attached to an aromatic ring is 1. The fourth-order valence-electron chi connectivity index (χ4n) is 2.92. The second-order valence-electron chi connectivity index (χ2n) is 6.89. The van der Waals surface area contributed by atoms with Crippen LogP contribution in [0.15, 0.2) is 21.8 Å². The molecule has 1 aromatic rings. The molecule has 2 atom stereocenters. The number of carbonyl (C=O) groups is 4. The summed E-state index contributed by atoms with van der Waals surface area (Å²) in [7, 11) is 0. The number of β-lactam (4-membered cyclic amide) rings is 1. The van der Waals surface area contributed by atoms with E-state index in [2.05, 4.69) is 20.2 Å². The molecule has 3 amide bonds. The molecular formula is C17H20N6O7S2. The number of primary amides is 1. The lowest BCUT2D eigenvalue weighted by Gasteiger charge is -2.49. The summed E-state index contributed by atoms with van der Waals surface area (Å²) in [5.74, 6) is -2.55. The molecule has 0 aromatic carbocycles. The van der Waals surface area contributed by atoms with E-state index in [0.717, 1.165) is 16.2 Å². The molecule has 0 bridgehead atoms. The number of fused-ring (bicyclic) bond motifs is 1. The number of carboxylic acid groups (broad SMARTS) is 1. The number of nitrogens with two attached hydrogens (primary N) is 2. The fourth-order valence-corrected chi connectivity index (χ4v) is 4.80. The van der Waals surface area contributed by atoms with Gasteiger partial charge in [0.15, 0.2) is 10.8 Å². The number of thioether (sulfide) groups is 1. The van der Waals surface area contributed by atoms with Gasteiger partial charge in [-0.15, -0.1) is 23.1 Å². The van der Waals surface area contributed by atoms with Gasteiger partial charge in [0.2, 0.25) is 0 Å². The minimum atomic E-state index is -1.36. The standard InChI is InChI=1S/C17H20N6O7S2/c1-6(2)30-22-9(8-5-32-16(18)20-8)12(24)21-10-13(25)23-11(15(26)27)7(3-29-17(19)28)4-31-14(10)23/h5-6,10,14H,3-4H2,1-2H3,(H2,18,20)(H2,19,28)(H,21,24)(H,26,27)/t10?,14-/m1/s1. The van der Waals surface area contributed by atoms with Gasteiger partial charge in [0.05, 0.1) is 0 Å². The Labute approximate surface area is 189 Å². The van der Waals surface area contributed by atoms with Crippen LogP contribution >= 0.6 is 23.1 Å². The van der Waals surface area contributed by atoms with Crippen molar-refractivity contribution in [2.24, 2.45) is 10.9 Å². The van der Waals surface area contributed by atoms with Crippen LogP contribution in [0.5, 0.6) is 0 Å². The Balaban J connectivity index is 1.78. The summed E-state index contributed by atoms with van der Waals surface area (Å²) in [5, 5.41) is 17.1. The van der Waals surface area contributed by atoms with Crippen LogP contribution in [0, 0.1) is 0 Å². The molecule has 1 fully saturated rings. The first-order valence-electron chi connectivity index (χ1n) is 9.18. The number of anilines is 1. The van der Waals surface area contributed by atoms with E-state index in [9.17, 15) is 24.3 Å². The fraction of sp³-hybridized carbons (Fsp3) is 0.412. The number of amides is 3. The molecule has 32 heavy (non-hydrogen) atoms. The smallest absolute Gasteiger partial charge is 0.404 e. The monoisotopic (exact) mass is 484 g/mol. The molecule has 0 saturated carbocycles. The third kappa shape index (κ3) is 4.77. The highest BCUT2D eigenvalue weighted by atomic mass is 32.2. The molecule has 3 heterocycles. The van der Waals surface area contributed by atoms with Crippen LogP contribution in [-0.4, -0.2) is 74.5 Å². The van der Waals surface area contributed by atoms with Gasteiger partial charge < -0.3 is 31.5 Å². The van der Waals surface area contributed by atoms with E-state index in [0.29, 0.717) is 0 Å². The number of thiazole rings is 1. The predicted molar refractivity (Wildman–Crippen MR) is 115 cm³/mol. The van der Waals surface area contributed by atoms with Crippen LogP contribution in [0.2, 0.25) is 0 Å². The zero-order valence-electron chi connectivity index (χ0n) is 16.9. The number of aliphatic carboxylic acids is 1. The summed E-state index contributed by atoms with van der Waals surface area (Å²) < 4.78 is 4.68. The largest absolute Gasteiger partial charge is 0.477 e. The molecule has 172 valence electrons. The lowest BCUT2D eigenvalue weighted by molar-refractivity contribution is -0.150. The number of oxime groups is 1. The molecule has 15 heteroatoms. The quantitative estimate of drug-likeness (QED) is 0.215. The number of aromatic nitrogens is 1. The third-order valence-corrected chi connectivity index (χ3v) is 6.27. The summed E-state index contributed by atoms with van der Waals surface area (Å²) in [5.41, 5.74) is 10.5. The van der Waals surface area contributed by atoms with Gasteiger partial charge >= 0.3 is 12.1 Å². The molecule has 1 saturated heterocycles. The Morgan fingerprint density at radius 2 is 2.16 bits per heavy atom. The molecule has 2 aliphatic heterocycles. The van der Waals surface area contributed by atoms with Crippen molar-refractivity contribution in [3.8, 4) is 0 Å². The molecule has 0 aliphatic carbocycles. The molecule has 13 nitrogen and oxygen atoms in total. The maximum Gasteiger partial charge on any atom is 0.404 e. The Hall–Kier alpha value is -3.33. The van der Waals surface area contributed by atoms with Crippen LogP contribution in [-0.2, 0) is 24.0 Å². The number of hydrogen-bond acceptors (Lipinski definition) is 11. The van der Waals surface area contributed by atoms with Crippen molar-refractivity contribution in [1.29, 1.82) is 0 Å². The zero-order valence-corrected chi connectivity index (χ0v) is 18.6. The van der Waals surface area contributed by atoms with Gasteiger partial charge in [-0.1, -0.05) is 5.16 Å². The van der Waals surface area contributed by atoms with E-state index in [4.69, 9.17) is 16.3 Å². The van der Waals surface area contributed by atoms with E-state index < -0.39 is 35.3 Å². The molecule has 2 aliphatic rings. The summed E-state index contributed by atoms with van der Waals surface area (Å²) in [4.78, 5) is 58.4. The summed E-state index contributed by atoms with van der Waals surface area (Å²) in [6.45, 7) is 3.09. The van der Waals surface area contributed by atoms with Gasteiger partial charge in [0, 0.05) is 16.7 Å². The Morgan fingerprint density at radius 3 is 2.72 bits per heavy atom. The van der Waals surface area contributed by atoms with E-state index in [1.165, 1.54) is 17.1 Å². The van der Waals surface area contributed by atoms with Crippen molar-refractivity contribution < 1.29 is 33.9 Å². The van der Waals surface area contributed by atoms with Crippen LogP contribution in [0.3, 0.4) is 0 Å². The summed E-state index contributed by atoms with van der Waals surface area (Å²) in [6.07, 6.45) is -1.37. The summed E-state index contributed by atoms with van der Waals surface area (Å²) >= 11 is 2.32. The van der Waals surface area contributed by atoms with E-state index >= 15 is 0 Å². The molecular weight excluding hydrogens is 464 g/mol. The maximum absolute atomic E-state index is 12.9. The summed E-state index contributed by atoms with van der Waals surface area (Å²) in [6, 6.07) is -0.999. The van der Waals surface area contributed by atoms with Crippen molar-refractivity contribution >= 4 is 57.8 Å². The average Bonchev–Trinajstić information content (AvgIpc) is 3.15. The highest BCUT2D eigenvalue weighted by molar-refractivity contribution is 8.00. The van der Waals surface area contributed by atoms with Crippen LogP contribution in [0.4, 0.5) is 9.93 Å². The SMILES string of the molecule is CC(C)ON=C(C(=O)NC1C(=O)N2C(C(=O)O)=C(COC(N)=O)CS[C@H]12)c1csc(N)n1. The molecule has 0 spiro atoms. The van der Waals surface area contributed by atoms with E-state index in [1.807, 2.05) is 0 Å². The number of nitrogens with one attached hydrogen (secondary N) is 1. The number of rotatable bonds is 8. The predicted octanol–water partition coefficient (Wildman–Crippen LogP) is -0.312. The Bertz CT molecular complexity index is 1020.